The molecule has 0 radical (unpaired) electrons. The second kappa shape index (κ2) is 8.73. The van der Waals surface area contributed by atoms with Crippen molar-refractivity contribution in [3.63, 3.8) is 0 Å². The first-order valence-corrected chi connectivity index (χ1v) is 7.93. The number of carbonyl (C=O) groups is 2. The molecular formula is C19H21NO5. The number of benzene rings is 2. The van der Waals surface area contributed by atoms with Gasteiger partial charge < -0.3 is 19.9 Å². The molecule has 0 saturated heterocycles. The molecule has 2 rings (SSSR count). The number of aliphatic carboxylic acids is 1. The minimum absolute atomic E-state index is 0.137. The summed E-state index contributed by atoms with van der Waals surface area (Å²) in [5, 5.41) is 11.6. The molecule has 0 saturated carbocycles. The van der Waals surface area contributed by atoms with Gasteiger partial charge in [-0.15, -0.1) is 0 Å². The molecule has 6 heteroatoms. The van der Waals surface area contributed by atoms with Gasteiger partial charge in [-0.2, -0.15) is 0 Å². The Morgan fingerprint density at radius 2 is 1.84 bits per heavy atom. The number of carbonyl (C=O) groups excluding carboxylic acids is 1. The van der Waals surface area contributed by atoms with Crippen LogP contribution in [0.3, 0.4) is 0 Å². The first-order chi connectivity index (χ1) is 12.0. The maximum atomic E-state index is 12.5. The van der Waals surface area contributed by atoms with Crippen LogP contribution in [0.25, 0.3) is 0 Å². The van der Waals surface area contributed by atoms with E-state index in [1.165, 1.54) is 6.07 Å². The highest BCUT2D eigenvalue weighted by molar-refractivity contribution is 5.94. The number of carboxylic acids is 1. The summed E-state index contributed by atoms with van der Waals surface area (Å²) >= 11 is 0. The van der Waals surface area contributed by atoms with Gasteiger partial charge in [-0.25, -0.2) is 4.79 Å². The van der Waals surface area contributed by atoms with E-state index < -0.39 is 12.6 Å². The van der Waals surface area contributed by atoms with Crippen LogP contribution >= 0.6 is 0 Å². The van der Waals surface area contributed by atoms with Gasteiger partial charge in [-0.1, -0.05) is 25.1 Å². The van der Waals surface area contributed by atoms with Crippen LogP contribution in [0.4, 0.5) is 0 Å². The van der Waals surface area contributed by atoms with Crippen molar-refractivity contribution in [2.75, 3.05) is 13.7 Å². The summed E-state index contributed by atoms with van der Waals surface area (Å²) in [6.45, 7) is 1.54. The highest BCUT2D eigenvalue weighted by Crippen LogP contribution is 2.21. The smallest absolute Gasteiger partial charge is 0.341 e. The van der Waals surface area contributed by atoms with Gasteiger partial charge in [-0.3, -0.25) is 4.79 Å². The molecule has 0 fully saturated rings. The summed E-state index contributed by atoms with van der Waals surface area (Å²) in [5.74, 6) is -0.218. The molecule has 6 nitrogen and oxygen atoms in total. The number of amides is 1. The summed E-state index contributed by atoms with van der Waals surface area (Å²) in [5.41, 5.74) is 1.39. The number of methoxy groups -OCH3 is 1. The predicted octanol–water partition coefficient (Wildman–Crippen LogP) is 3.04. The Hall–Kier alpha value is -3.02. The summed E-state index contributed by atoms with van der Waals surface area (Å²) in [4.78, 5) is 23.1. The van der Waals surface area contributed by atoms with Crippen molar-refractivity contribution in [3.8, 4) is 11.5 Å². The molecule has 1 amide bonds. The Balaban J connectivity index is 2.08. The topological polar surface area (TPSA) is 84.9 Å². The molecule has 2 aromatic rings. The highest BCUT2D eigenvalue weighted by atomic mass is 16.5. The van der Waals surface area contributed by atoms with E-state index in [2.05, 4.69) is 5.32 Å². The molecule has 0 heterocycles. The summed E-state index contributed by atoms with van der Waals surface area (Å²) < 4.78 is 10.2. The second-order valence-electron chi connectivity index (χ2n) is 5.42. The van der Waals surface area contributed by atoms with Gasteiger partial charge >= 0.3 is 5.97 Å². The van der Waals surface area contributed by atoms with Crippen LogP contribution < -0.4 is 14.8 Å². The number of nitrogens with one attached hydrogen (secondary N) is 1. The molecule has 1 atom stereocenters. The lowest BCUT2D eigenvalue weighted by molar-refractivity contribution is -0.139. The SMILES string of the molecule is CCC(NC(=O)c1cccc(OCC(=O)O)c1)c1ccc(OC)cc1. The number of hydrogen-bond acceptors (Lipinski definition) is 4. The third-order valence-corrected chi connectivity index (χ3v) is 3.69. The van der Waals surface area contributed by atoms with Crippen LogP contribution in [0.1, 0.15) is 35.3 Å². The molecule has 1 unspecified atom stereocenters. The standard InChI is InChI=1S/C19H21NO5/c1-3-17(13-7-9-15(24-2)10-8-13)20-19(23)14-5-4-6-16(11-14)25-12-18(21)22/h4-11,17H,3,12H2,1-2H3,(H,20,23)(H,21,22). The fourth-order valence-electron chi connectivity index (χ4n) is 2.37. The first-order valence-electron chi connectivity index (χ1n) is 7.93. The fourth-order valence-corrected chi connectivity index (χ4v) is 2.37. The quantitative estimate of drug-likeness (QED) is 0.769. The van der Waals surface area contributed by atoms with Crippen LogP contribution in [0.2, 0.25) is 0 Å². The van der Waals surface area contributed by atoms with E-state index in [1.807, 2.05) is 31.2 Å². The van der Waals surface area contributed by atoms with Gasteiger partial charge in [0.05, 0.1) is 13.2 Å². The minimum atomic E-state index is -1.07. The summed E-state index contributed by atoms with van der Waals surface area (Å²) in [6.07, 6.45) is 0.729. The lowest BCUT2D eigenvalue weighted by Crippen LogP contribution is -2.28. The zero-order chi connectivity index (χ0) is 18.2. The minimum Gasteiger partial charge on any atom is -0.497 e. The van der Waals surface area contributed by atoms with Crippen molar-refractivity contribution in [2.45, 2.75) is 19.4 Å². The van der Waals surface area contributed by atoms with E-state index in [0.29, 0.717) is 11.3 Å². The average Bonchev–Trinajstić information content (AvgIpc) is 2.64. The fraction of sp³-hybridized carbons (Fsp3) is 0.263. The first kappa shape index (κ1) is 18.3. The van der Waals surface area contributed by atoms with Crippen molar-refractivity contribution >= 4 is 11.9 Å². The van der Waals surface area contributed by atoms with Gasteiger partial charge in [0.15, 0.2) is 6.61 Å². The molecule has 0 bridgehead atoms. The maximum absolute atomic E-state index is 12.5. The summed E-state index contributed by atoms with van der Waals surface area (Å²) in [7, 11) is 1.60. The normalized spacial score (nSPS) is 11.4. The van der Waals surface area contributed by atoms with Crippen molar-refractivity contribution in [1.29, 1.82) is 0 Å². The predicted molar refractivity (Wildman–Crippen MR) is 93.1 cm³/mol. The van der Waals surface area contributed by atoms with Gasteiger partial charge in [0.25, 0.3) is 5.91 Å². The third-order valence-electron chi connectivity index (χ3n) is 3.69. The molecule has 25 heavy (non-hydrogen) atoms. The molecule has 132 valence electrons. The molecular weight excluding hydrogens is 322 g/mol. The largest absolute Gasteiger partial charge is 0.497 e. The van der Waals surface area contributed by atoms with Crippen LogP contribution in [-0.2, 0) is 4.79 Å². The Morgan fingerprint density at radius 3 is 2.44 bits per heavy atom. The average molecular weight is 343 g/mol. The molecule has 0 spiro atoms. The highest BCUT2D eigenvalue weighted by Gasteiger charge is 2.15. The van der Waals surface area contributed by atoms with E-state index >= 15 is 0 Å². The van der Waals surface area contributed by atoms with Crippen LogP contribution in [0.15, 0.2) is 48.5 Å². The molecule has 0 aliphatic rings. The van der Waals surface area contributed by atoms with E-state index in [0.717, 1.165) is 17.7 Å². The molecule has 0 aliphatic carbocycles. The number of ether oxygens (including phenoxy) is 2. The Kier molecular flexibility index (Phi) is 6.39. The summed E-state index contributed by atoms with van der Waals surface area (Å²) in [6, 6.07) is 13.8. The lowest BCUT2D eigenvalue weighted by Gasteiger charge is -2.18. The molecule has 0 aromatic heterocycles. The number of hydrogen-bond donors (Lipinski definition) is 2. The van der Waals surface area contributed by atoms with Crippen LogP contribution in [0.5, 0.6) is 11.5 Å². The molecule has 2 N–H and O–H groups in total. The van der Waals surface area contributed by atoms with Crippen molar-refractivity contribution in [2.24, 2.45) is 0 Å². The number of carboxylic acid groups (broad SMARTS) is 1. The van der Waals surface area contributed by atoms with E-state index in [9.17, 15) is 9.59 Å². The van der Waals surface area contributed by atoms with Crippen LogP contribution in [0, 0.1) is 0 Å². The zero-order valence-corrected chi connectivity index (χ0v) is 14.2. The Bertz CT molecular complexity index is 727. The van der Waals surface area contributed by atoms with Crippen molar-refractivity contribution in [1.82, 2.24) is 5.32 Å². The van der Waals surface area contributed by atoms with Crippen molar-refractivity contribution < 1.29 is 24.2 Å². The van der Waals surface area contributed by atoms with Crippen LogP contribution in [-0.4, -0.2) is 30.7 Å². The maximum Gasteiger partial charge on any atom is 0.341 e. The van der Waals surface area contributed by atoms with Gasteiger partial charge in [-0.05, 0) is 42.3 Å². The Labute approximate surface area is 146 Å². The van der Waals surface area contributed by atoms with Gasteiger partial charge in [0.2, 0.25) is 0 Å². The van der Waals surface area contributed by atoms with Gasteiger partial charge in [0, 0.05) is 5.56 Å². The van der Waals surface area contributed by atoms with Gasteiger partial charge in [0.1, 0.15) is 11.5 Å². The third kappa shape index (κ3) is 5.24. The van der Waals surface area contributed by atoms with E-state index in [4.69, 9.17) is 14.6 Å². The monoisotopic (exact) mass is 343 g/mol. The van der Waals surface area contributed by atoms with E-state index in [1.54, 1.807) is 25.3 Å². The zero-order valence-electron chi connectivity index (χ0n) is 14.2. The van der Waals surface area contributed by atoms with E-state index in [-0.39, 0.29) is 11.9 Å². The number of rotatable bonds is 8. The second-order valence-corrected chi connectivity index (χ2v) is 5.42. The lowest BCUT2D eigenvalue weighted by atomic mass is 10.0. The Morgan fingerprint density at radius 1 is 1.12 bits per heavy atom. The molecule has 2 aromatic carbocycles. The molecule has 0 aliphatic heterocycles. The van der Waals surface area contributed by atoms with Crippen molar-refractivity contribution in [3.05, 3.63) is 59.7 Å².